The van der Waals surface area contributed by atoms with Gasteiger partial charge in [0.2, 0.25) is 0 Å². The summed E-state index contributed by atoms with van der Waals surface area (Å²) in [6.45, 7) is 4.31. The number of nitrogens with zero attached hydrogens (tertiary/aromatic N) is 1. The second-order valence-corrected chi connectivity index (χ2v) is 11.4. The third kappa shape index (κ3) is 5.89. The summed E-state index contributed by atoms with van der Waals surface area (Å²) in [5.41, 5.74) is 1.90. The van der Waals surface area contributed by atoms with E-state index in [2.05, 4.69) is 10.6 Å². The SMILES string of the molecule is CC(NC(=O)Nc1ccc(S(=O)(=O)Cc2ccc3c(c2)C(C)(F)CN(C)C3)cc1)c1ccccc1. The average Bonchev–Trinajstić information content (AvgIpc) is 2.79. The number of likely N-dealkylation sites (N-methyl/N-ethyl adjacent to an activating group) is 1. The molecule has 184 valence electrons. The summed E-state index contributed by atoms with van der Waals surface area (Å²) >= 11 is 0. The van der Waals surface area contributed by atoms with Crippen LogP contribution in [0.15, 0.2) is 77.7 Å². The van der Waals surface area contributed by atoms with Gasteiger partial charge < -0.3 is 10.6 Å². The normalized spacial score (nSPS) is 19.0. The van der Waals surface area contributed by atoms with Crippen molar-refractivity contribution in [3.63, 3.8) is 0 Å². The number of nitrogens with one attached hydrogen (secondary N) is 2. The maximum atomic E-state index is 15.1. The van der Waals surface area contributed by atoms with Crippen molar-refractivity contribution >= 4 is 21.6 Å². The zero-order chi connectivity index (χ0) is 25.2. The molecule has 8 heteroatoms. The van der Waals surface area contributed by atoms with Crippen molar-refractivity contribution in [1.82, 2.24) is 10.2 Å². The molecule has 0 bridgehead atoms. The minimum atomic E-state index is -3.65. The minimum Gasteiger partial charge on any atom is -0.331 e. The molecule has 0 aliphatic carbocycles. The highest BCUT2D eigenvalue weighted by atomic mass is 32.2. The topological polar surface area (TPSA) is 78.5 Å². The van der Waals surface area contributed by atoms with Crippen molar-refractivity contribution in [3.8, 4) is 0 Å². The molecule has 0 aromatic heterocycles. The van der Waals surface area contributed by atoms with Gasteiger partial charge in [-0.05, 0) is 67.4 Å². The molecule has 35 heavy (non-hydrogen) atoms. The zero-order valence-electron chi connectivity index (χ0n) is 20.1. The molecule has 0 radical (unpaired) electrons. The predicted molar refractivity (Wildman–Crippen MR) is 136 cm³/mol. The summed E-state index contributed by atoms with van der Waals surface area (Å²) in [4.78, 5) is 14.4. The molecule has 0 saturated carbocycles. The van der Waals surface area contributed by atoms with Gasteiger partial charge >= 0.3 is 6.03 Å². The molecular weight excluding hydrogens is 465 g/mol. The molecular formula is C27H30FN3O3S. The Labute approximate surface area is 206 Å². The van der Waals surface area contributed by atoms with Crippen molar-refractivity contribution in [1.29, 1.82) is 0 Å². The number of hydrogen-bond acceptors (Lipinski definition) is 4. The summed E-state index contributed by atoms with van der Waals surface area (Å²) < 4.78 is 41.2. The molecule has 6 nitrogen and oxygen atoms in total. The smallest absolute Gasteiger partial charge is 0.319 e. The van der Waals surface area contributed by atoms with E-state index in [0.29, 0.717) is 23.4 Å². The maximum absolute atomic E-state index is 15.1. The lowest BCUT2D eigenvalue weighted by molar-refractivity contribution is 0.101. The fourth-order valence-corrected chi connectivity index (χ4v) is 5.85. The second kappa shape index (κ2) is 9.79. The number of amides is 2. The van der Waals surface area contributed by atoms with Crippen LogP contribution in [-0.2, 0) is 27.8 Å². The number of halogens is 1. The number of carbonyl (C=O) groups is 1. The first-order valence-electron chi connectivity index (χ1n) is 11.5. The lowest BCUT2D eigenvalue weighted by Crippen LogP contribution is -2.39. The van der Waals surface area contributed by atoms with E-state index in [1.54, 1.807) is 24.3 Å². The molecule has 4 rings (SSSR count). The Bertz CT molecular complexity index is 1310. The summed E-state index contributed by atoms with van der Waals surface area (Å²) in [6.07, 6.45) is 0. The summed E-state index contributed by atoms with van der Waals surface area (Å²) in [5, 5.41) is 5.58. The molecule has 3 aromatic rings. The summed E-state index contributed by atoms with van der Waals surface area (Å²) in [7, 11) is -1.78. The predicted octanol–water partition coefficient (Wildman–Crippen LogP) is 5.17. The summed E-state index contributed by atoms with van der Waals surface area (Å²) in [6, 6.07) is 20.3. The Balaban J connectivity index is 1.42. The first-order chi connectivity index (χ1) is 16.5. The van der Waals surface area contributed by atoms with Gasteiger partial charge in [-0.15, -0.1) is 0 Å². The van der Waals surface area contributed by atoms with E-state index in [1.807, 2.05) is 55.3 Å². The molecule has 0 saturated heterocycles. The highest BCUT2D eigenvalue weighted by molar-refractivity contribution is 7.90. The van der Waals surface area contributed by atoms with Crippen LogP contribution in [-0.4, -0.2) is 32.9 Å². The Kier molecular flexibility index (Phi) is 6.96. The third-order valence-corrected chi connectivity index (χ3v) is 7.92. The second-order valence-electron chi connectivity index (χ2n) is 9.38. The van der Waals surface area contributed by atoms with Crippen molar-refractivity contribution in [2.24, 2.45) is 0 Å². The molecule has 2 atom stereocenters. The van der Waals surface area contributed by atoms with Crippen molar-refractivity contribution < 1.29 is 17.6 Å². The van der Waals surface area contributed by atoms with Crippen LogP contribution in [0.1, 0.15) is 42.1 Å². The van der Waals surface area contributed by atoms with Crippen molar-refractivity contribution in [2.45, 2.75) is 42.8 Å². The molecule has 1 aliphatic heterocycles. The quantitative estimate of drug-likeness (QED) is 0.494. The van der Waals surface area contributed by atoms with E-state index in [9.17, 15) is 13.2 Å². The van der Waals surface area contributed by atoms with Gasteiger partial charge in [0, 0.05) is 18.8 Å². The third-order valence-electron chi connectivity index (χ3n) is 6.22. The molecule has 2 unspecified atom stereocenters. The van der Waals surface area contributed by atoms with Crippen molar-refractivity contribution in [2.75, 3.05) is 18.9 Å². The van der Waals surface area contributed by atoms with Crippen LogP contribution in [0.5, 0.6) is 0 Å². The molecule has 2 amide bonds. The van der Waals surface area contributed by atoms with Crippen LogP contribution in [0.25, 0.3) is 0 Å². The Hall–Kier alpha value is -3.23. The van der Waals surface area contributed by atoms with Crippen LogP contribution < -0.4 is 10.6 Å². The number of sulfone groups is 1. The van der Waals surface area contributed by atoms with E-state index in [-0.39, 0.29) is 29.3 Å². The van der Waals surface area contributed by atoms with Gasteiger partial charge in [0.1, 0.15) is 5.67 Å². The lowest BCUT2D eigenvalue weighted by atomic mass is 9.88. The Morgan fingerprint density at radius 3 is 2.46 bits per heavy atom. The monoisotopic (exact) mass is 495 g/mol. The molecule has 1 aliphatic rings. The van der Waals surface area contributed by atoms with Crippen LogP contribution in [0.2, 0.25) is 0 Å². The fourth-order valence-electron chi connectivity index (χ4n) is 4.51. The van der Waals surface area contributed by atoms with Crippen LogP contribution in [0, 0.1) is 0 Å². The van der Waals surface area contributed by atoms with Gasteiger partial charge in [-0.25, -0.2) is 17.6 Å². The van der Waals surface area contributed by atoms with Gasteiger partial charge in [-0.3, -0.25) is 4.90 Å². The number of benzene rings is 3. The molecule has 1 heterocycles. The summed E-state index contributed by atoms with van der Waals surface area (Å²) in [5.74, 6) is -0.228. The van der Waals surface area contributed by atoms with E-state index >= 15 is 4.39 Å². The lowest BCUT2D eigenvalue weighted by Gasteiger charge is -2.35. The molecule has 3 aromatic carbocycles. The fraction of sp³-hybridized carbons (Fsp3) is 0.296. The zero-order valence-corrected chi connectivity index (χ0v) is 20.9. The first kappa shape index (κ1) is 24.9. The van der Waals surface area contributed by atoms with Crippen LogP contribution >= 0.6 is 0 Å². The van der Waals surface area contributed by atoms with Gasteiger partial charge in [0.05, 0.1) is 16.7 Å². The number of rotatable bonds is 6. The maximum Gasteiger partial charge on any atom is 0.319 e. The average molecular weight is 496 g/mol. The number of fused-ring (bicyclic) bond motifs is 1. The van der Waals surface area contributed by atoms with E-state index < -0.39 is 15.5 Å². The number of carbonyl (C=O) groups excluding carboxylic acids is 1. The van der Waals surface area contributed by atoms with Gasteiger partial charge in [-0.1, -0.05) is 48.5 Å². The first-order valence-corrected chi connectivity index (χ1v) is 13.1. The molecule has 0 fully saturated rings. The number of urea groups is 1. The van der Waals surface area contributed by atoms with Crippen molar-refractivity contribution in [3.05, 3.63) is 95.1 Å². The van der Waals surface area contributed by atoms with Crippen LogP contribution in [0.4, 0.5) is 14.9 Å². The molecule has 0 spiro atoms. The minimum absolute atomic E-state index is 0.140. The Morgan fingerprint density at radius 2 is 1.77 bits per heavy atom. The van der Waals surface area contributed by atoms with Crippen LogP contribution in [0.3, 0.4) is 0 Å². The standard InChI is InChI=1S/C27H30FN3O3S/c1-19(21-7-5-4-6-8-21)29-26(32)30-23-11-13-24(14-12-23)35(33,34)17-20-9-10-22-16-31(3)18-27(2,28)25(22)15-20/h4-15,19H,16-18H2,1-3H3,(H2,29,30,32). The number of anilines is 1. The highest BCUT2D eigenvalue weighted by Crippen LogP contribution is 2.35. The molecule has 2 N–H and O–H groups in total. The number of hydrogen-bond donors (Lipinski definition) is 2. The van der Waals surface area contributed by atoms with Gasteiger partial charge in [-0.2, -0.15) is 0 Å². The van der Waals surface area contributed by atoms with E-state index in [1.165, 1.54) is 19.1 Å². The largest absolute Gasteiger partial charge is 0.331 e. The van der Waals surface area contributed by atoms with Gasteiger partial charge in [0.25, 0.3) is 0 Å². The van der Waals surface area contributed by atoms with Gasteiger partial charge in [0.15, 0.2) is 9.84 Å². The van der Waals surface area contributed by atoms with E-state index in [0.717, 1.165) is 11.1 Å². The number of alkyl halides is 1. The van der Waals surface area contributed by atoms with E-state index in [4.69, 9.17) is 0 Å². The Morgan fingerprint density at radius 1 is 1.09 bits per heavy atom. The highest BCUT2D eigenvalue weighted by Gasteiger charge is 2.34.